The van der Waals surface area contributed by atoms with Gasteiger partial charge in [0.25, 0.3) is 0 Å². The Balaban J connectivity index is 1.61. The van der Waals surface area contributed by atoms with Gasteiger partial charge in [-0.3, -0.25) is 0 Å². The van der Waals surface area contributed by atoms with Gasteiger partial charge in [-0.2, -0.15) is 19.0 Å². The Morgan fingerprint density at radius 3 is 2.64 bits per heavy atom. The average molecular weight is 395 g/mol. The normalized spacial score (nSPS) is 30.6. The Morgan fingerprint density at radius 2 is 2.00 bits per heavy atom. The Bertz CT molecular complexity index is 702. The molecule has 154 valence electrons. The van der Waals surface area contributed by atoms with Gasteiger partial charge < -0.3 is 20.5 Å². The van der Waals surface area contributed by atoms with Crippen LogP contribution in [0.5, 0.6) is 0 Å². The van der Waals surface area contributed by atoms with E-state index in [2.05, 4.69) is 31.4 Å². The number of rotatable bonds is 6. The summed E-state index contributed by atoms with van der Waals surface area (Å²) in [6.45, 7) is -0.904. The van der Waals surface area contributed by atoms with E-state index in [0.717, 1.165) is 19.3 Å². The summed E-state index contributed by atoms with van der Waals surface area (Å²) in [5.74, 6) is 0.861. The fourth-order valence-corrected chi connectivity index (χ4v) is 4.10. The maximum absolute atomic E-state index is 12.3. The minimum atomic E-state index is -2.73. The summed E-state index contributed by atoms with van der Waals surface area (Å²) < 4.78 is 29.2. The van der Waals surface area contributed by atoms with Crippen molar-refractivity contribution < 1.29 is 18.6 Å². The summed E-state index contributed by atoms with van der Waals surface area (Å²) in [6.07, 6.45) is 6.74. The van der Waals surface area contributed by atoms with Crippen LogP contribution in [0.1, 0.15) is 63.9 Å². The van der Waals surface area contributed by atoms with Gasteiger partial charge in [-0.1, -0.05) is 0 Å². The molecule has 0 saturated heterocycles. The highest BCUT2D eigenvalue weighted by atomic mass is 19.3. The van der Waals surface area contributed by atoms with Crippen molar-refractivity contribution in [2.24, 2.45) is 0 Å². The lowest BCUT2D eigenvalue weighted by molar-refractivity contribution is -0.169. The zero-order valence-corrected chi connectivity index (χ0v) is 16.0. The number of ether oxygens (including phenoxy) is 1. The van der Waals surface area contributed by atoms with Crippen LogP contribution in [0.3, 0.4) is 0 Å². The molecule has 0 aromatic carbocycles. The zero-order chi connectivity index (χ0) is 20.1. The fraction of sp³-hybridized carbons (Fsp3) is 0.737. The Kier molecular flexibility index (Phi) is 6.62. The van der Waals surface area contributed by atoms with Crippen LogP contribution in [0.4, 0.5) is 20.5 Å². The number of hydrogen-bond acceptors (Lipinski definition) is 7. The van der Waals surface area contributed by atoms with Crippen LogP contribution in [0, 0.1) is 11.3 Å². The molecule has 1 heterocycles. The lowest BCUT2D eigenvalue weighted by Crippen LogP contribution is -2.38. The van der Waals surface area contributed by atoms with E-state index >= 15 is 0 Å². The van der Waals surface area contributed by atoms with Gasteiger partial charge in [0, 0.05) is 12.1 Å². The smallest absolute Gasteiger partial charge is 0.345 e. The summed E-state index contributed by atoms with van der Waals surface area (Å²) in [5, 5.41) is 26.2. The molecule has 28 heavy (non-hydrogen) atoms. The quantitative estimate of drug-likeness (QED) is 0.678. The van der Waals surface area contributed by atoms with Gasteiger partial charge in [0.05, 0.1) is 17.9 Å². The van der Waals surface area contributed by atoms with Crippen molar-refractivity contribution in [3.05, 3.63) is 11.8 Å². The maximum atomic E-state index is 12.3. The van der Waals surface area contributed by atoms with Crippen LogP contribution in [0.2, 0.25) is 0 Å². The molecule has 9 heteroatoms. The van der Waals surface area contributed by atoms with E-state index in [4.69, 9.17) is 0 Å². The number of nitrogens with one attached hydrogen (secondary N) is 2. The molecule has 7 nitrogen and oxygen atoms in total. The van der Waals surface area contributed by atoms with Crippen LogP contribution in [0.15, 0.2) is 6.20 Å². The lowest BCUT2D eigenvalue weighted by Gasteiger charge is -2.34. The topological polar surface area (TPSA) is 103 Å². The molecule has 0 aliphatic heterocycles. The summed E-state index contributed by atoms with van der Waals surface area (Å²) in [6, 6.07) is 2.22. The van der Waals surface area contributed by atoms with Crippen LogP contribution in [0.25, 0.3) is 0 Å². The third kappa shape index (κ3) is 5.72. The number of anilines is 2. The summed E-state index contributed by atoms with van der Waals surface area (Å²) in [7, 11) is 0. The lowest BCUT2D eigenvalue weighted by atomic mass is 9.83. The van der Waals surface area contributed by atoms with Crippen molar-refractivity contribution in [2.45, 2.75) is 88.7 Å². The number of nitriles is 1. The molecule has 2 aliphatic carbocycles. The predicted molar refractivity (Wildman–Crippen MR) is 100 cm³/mol. The first-order chi connectivity index (χ1) is 13.3. The van der Waals surface area contributed by atoms with Crippen molar-refractivity contribution in [1.82, 2.24) is 9.97 Å². The summed E-state index contributed by atoms with van der Waals surface area (Å²) >= 11 is 0. The van der Waals surface area contributed by atoms with E-state index in [1.807, 2.05) is 6.92 Å². The van der Waals surface area contributed by atoms with Gasteiger partial charge in [0.15, 0.2) is 0 Å². The average Bonchev–Trinajstić information content (AvgIpc) is 2.62. The summed E-state index contributed by atoms with van der Waals surface area (Å²) in [5.41, 5.74) is -0.361. The molecule has 0 unspecified atom stereocenters. The third-order valence-electron chi connectivity index (χ3n) is 5.51. The number of aromatic nitrogens is 2. The van der Waals surface area contributed by atoms with Crippen molar-refractivity contribution >= 4 is 11.8 Å². The number of hydrogen-bond donors (Lipinski definition) is 3. The molecule has 0 amide bonds. The molecular weight excluding hydrogens is 368 g/mol. The number of aliphatic hydroxyl groups is 1. The highest BCUT2D eigenvalue weighted by molar-refractivity contribution is 5.54. The van der Waals surface area contributed by atoms with E-state index in [-0.39, 0.29) is 12.1 Å². The number of halogens is 2. The third-order valence-corrected chi connectivity index (χ3v) is 5.51. The van der Waals surface area contributed by atoms with Crippen molar-refractivity contribution in [1.29, 1.82) is 5.26 Å². The number of alkyl halides is 2. The minimum absolute atomic E-state index is 0.0422. The van der Waals surface area contributed by atoms with Gasteiger partial charge >= 0.3 is 6.61 Å². The minimum Gasteiger partial charge on any atom is -0.390 e. The first-order valence-electron chi connectivity index (χ1n) is 9.81. The van der Waals surface area contributed by atoms with E-state index < -0.39 is 18.3 Å². The first-order valence-corrected chi connectivity index (χ1v) is 9.81. The zero-order valence-electron chi connectivity index (χ0n) is 16.0. The second kappa shape index (κ2) is 8.97. The predicted octanol–water partition coefficient (Wildman–Crippen LogP) is 3.42. The fourth-order valence-electron chi connectivity index (χ4n) is 4.10. The number of nitrogens with zero attached hydrogens (tertiary/aromatic N) is 3. The van der Waals surface area contributed by atoms with E-state index in [1.165, 1.54) is 6.20 Å². The Hall–Kier alpha value is -2.05. The molecule has 0 bridgehead atoms. The summed E-state index contributed by atoms with van der Waals surface area (Å²) in [4.78, 5) is 8.67. The molecule has 2 aliphatic rings. The molecule has 2 atom stereocenters. The van der Waals surface area contributed by atoms with Crippen LogP contribution >= 0.6 is 0 Å². The van der Waals surface area contributed by atoms with Crippen molar-refractivity contribution in [2.75, 3.05) is 10.6 Å². The van der Waals surface area contributed by atoms with E-state index in [0.29, 0.717) is 49.4 Å². The van der Waals surface area contributed by atoms with Crippen LogP contribution in [-0.2, 0) is 4.74 Å². The maximum Gasteiger partial charge on any atom is 0.345 e. The molecule has 3 rings (SSSR count). The first kappa shape index (κ1) is 20.7. The van der Waals surface area contributed by atoms with Gasteiger partial charge in [-0.05, 0) is 58.3 Å². The largest absolute Gasteiger partial charge is 0.390 e. The van der Waals surface area contributed by atoms with Gasteiger partial charge in [-0.25, -0.2) is 4.98 Å². The second-order valence-electron chi connectivity index (χ2n) is 8.02. The molecule has 0 radical (unpaired) electrons. The van der Waals surface area contributed by atoms with E-state index in [9.17, 15) is 19.1 Å². The standard InChI is InChI=1S/C19H27F2N5O2/c1-19(27)8-2-3-14(9-19)24-16-12(10-22)11-23-18(26-16)25-13-4-6-15(7-5-13)28-17(20)21/h11,13-15,17,27H,2-9H2,1H3,(H2,23,24,25,26)/t13-,14-,15-,19+/m1/s1. The van der Waals surface area contributed by atoms with Crippen molar-refractivity contribution in [3.8, 4) is 6.07 Å². The molecule has 1 aromatic rings. The Morgan fingerprint density at radius 1 is 1.25 bits per heavy atom. The van der Waals surface area contributed by atoms with Crippen LogP contribution < -0.4 is 10.6 Å². The highest BCUT2D eigenvalue weighted by Crippen LogP contribution is 2.30. The monoisotopic (exact) mass is 395 g/mol. The van der Waals surface area contributed by atoms with Gasteiger partial charge in [0.2, 0.25) is 5.95 Å². The molecule has 2 saturated carbocycles. The van der Waals surface area contributed by atoms with E-state index in [1.54, 1.807) is 0 Å². The molecule has 2 fully saturated rings. The molecule has 0 spiro atoms. The van der Waals surface area contributed by atoms with Gasteiger partial charge in [0.1, 0.15) is 17.5 Å². The van der Waals surface area contributed by atoms with Crippen molar-refractivity contribution in [3.63, 3.8) is 0 Å². The van der Waals surface area contributed by atoms with Crippen LogP contribution in [-0.4, -0.2) is 45.5 Å². The molecular formula is C19H27F2N5O2. The highest BCUT2D eigenvalue weighted by Gasteiger charge is 2.30. The molecule has 1 aromatic heterocycles. The van der Waals surface area contributed by atoms with Gasteiger partial charge in [-0.15, -0.1) is 0 Å². The Labute approximate surface area is 163 Å². The molecule has 3 N–H and O–H groups in total. The SMILES string of the molecule is C[C@]1(O)CCC[C@@H](Nc2nc(N[C@H]3CC[C@H](OC(F)F)CC3)ncc2C#N)C1. The second-order valence-corrected chi connectivity index (χ2v) is 8.02.